The summed E-state index contributed by atoms with van der Waals surface area (Å²) in [5.74, 6) is -0.834. The van der Waals surface area contributed by atoms with E-state index in [0.717, 1.165) is 0 Å². The molecule has 0 N–H and O–H groups in total. The lowest BCUT2D eigenvalue weighted by atomic mass is 9.92. The van der Waals surface area contributed by atoms with Gasteiger partial charge >= 0.3 is 12.4 Å². The monoisotopic (exact) mass is 356 g/mol. The Bertz CT molecular complexity index is 564. The predicted octanol–water partition coefficient (Wildman–Crippen LogP) is 3.29. The topological polar surface area (TPSA) is 42.4 Å². The minimum Gasteiger partial charge on any atom is -0.468 e. The van der Waals surface area contributed by atoms with Crippen molar-refractivity contribution in [2.45, 2.75) is 31.1 Å². The normalized spacial score (nSPS) is 16.0. The van der Waals surface area contributed by atoms with Crippen LogP contribution in [0.3, 0.4) is 0 Å². The first-order valence-corrected chi connectivity index (χ1v) is 7.03. The molecule has 2 rings (SSSR count). The number of hydrogen-bond acceptors (Lipinski definition) is 3. The molecule has 1 amide bonds. The lowest BCUT2D eigenvalue weighted by molar-refractivity contribution is -0.154. The van der Waals surface area contributed by atoms with Crippen LogP contribution in [0, 0.1) is 0 Å². The Morgan fingerprint density at radius 3 is 2.33 bits per heavy atom. The second-order valence-corrected chi connectivity index (χ2v) is 5.44. The van der Waals surface area contributed by atoms with Gasteiger partial charge < -0.3 is 9.64 Å². The molecule has 0 spiro atoms. The number of aromatic nitrogens is 1. The molecule has 24 heavy (non-hydrogen) atoms. The number of carbonyl (C=O) groups is 1. The van der Waals surface area contributed by atoms with Gasteiger partial charge in [0.1, 0.15) is 0 Å². The number of hydrogen-bond donors (Lipinski definition) is 0. The Labute approximate surface area is 133 Å². The van der Waals surface area contributed by atoms with Crippen molar-refractivity contribution in [2.75, 3.05) is 19.7 Å². The Hall–Kier alpha value is -2.00. The van der Waals surface area contributed by atoms with Crippen LogP contribution in [-0.2, 0) is 4.79 Å². The van der Waals surface area contributed by atoms with E-state index in [1.54, 1.807) is 0 Å². The highest BCUT2D eigenvalue weighted by molar-refractivity contribution is 5.77. The van der Waals surface area contributed by atoms with Crippen molar-refractivity contribution in [3.63, 3.8) is 0 Å². The summed E-state index contributed by atoms with van der Waals surface area (Å²) in [4.78, 5) is 16.6. The Morgan fingerprint density at radius 2 is 1.83 bits per heavy atom. The van der Waals surface area contributed by atoms with E-state index in [4.69, 9.17) is 0 Å². The first-order valence-electron chi connectivity index (χ1n) is 7.03. The second-order valence-electron chi connectivity index (χ2n) is 5.44. The number of pyridine rings is 1. The molecule has 1 aromatic rings. The molecule has 134 valence electrons. The number of amides is 1. The number of carbonyl (C=O) groups excluding carboxylic acids is 1. The summed E-state index contributed by atoms with van der Waals surface area (Å²) in [5.41, 5.74) is 0.689. The molecule has 0 atom stereocenters. The number of halogens is 6. The fourth-order valence-corrected chi connectivity index (χ4v) is 2.17. The van der Waals surface area contributed by atoms with Crippen LogP contribution >= 0.6 is 0 Å². The Morgan fingerprint density at radius 1 is 1.17 bits per heavy atom. The lowest BCUT2D eigenvalue weighted by Crippen LogP contribution is -2.48. The summed E-state index contributed by atoms with van der Waals surface area (Å²) in [6.45, 7) is -0.910. The van der Waals surface area contributed by atoms with Crippen LogP contribution in [-0.4, -0.2) is 47.8 Å². The van der Waals surface area contributed by atoms with E-state index in [9.17, 15) is 31.1 Å². The number of ether oxygens (including phenoxy) is 1. The van der Waals surface area contributed by atoms with E-state index in [0.29, 0.717) is 5.56 Å². The average molecular weight is 356 g/mol. The minimum absolute atomic E-state index is 0.0935. The highest BCUT2D eigenvalue weighted by Gasteiger charge is 2.35. The van der Waals surface area contributed by atoms with Gasteiger partial charge in [0.2, 0.25) is 11.8 Å². The molecular weight excluding hydrogens is 342 g/mol. The predicted molar refractivity (Wildman–Crippen MR) is 70.4 cm³/mol. The van der Waals surface area contributed by atoms with Crippen LogP contribution in [0.1, 0.15) is 24.3 Å². The van der Waals surface area contributed by atoms with Crippen LogP contribution < -0.4 is 4.74 Å². The van der Waals surface area contributed by atoms with E-state index >= 15 is 0 Å². The van der Waals surface area contributed by atoms with Crippen molar-refractivity contribution in [2.24, 2.45) is 0 Å². The molecule has 1 fully saturated rings. The van der Waals surface area contributed by atoms with Gasteiger partial charge in [-0.1, -0.05) is 6.07 Å². The van der Waals surface area contributed by atoms with Crippen molar-refractivity contribution >= 4 is 5.91 Å². The smallest absolute Gasteiger partial charge is 0.422 e. The first-order chi connectivity index (χ1) is 11.0. The third kappa shape index (κ3) is 5.57. The summed E-state index contributed by atoms with van der Waals surface area (Å²) >= 11 is 0. The molecular formula is C14H14F6N2O2. The van der Waals surface area contributed by atoms with Crippen molar-refractivity contribution in [1.29, 1.82) is 0 Å². The number of rotatable bonds is 5. The van der Waals surface area contributed by atoms with Crippen molar-refractivity contribution < 1.29 is 35.9 Å². The third-order valence-corrected chi connectivity index (χ3v) is 3.47. The highest BCUT2D eigenvalue weighted by atomic mass is 19.4. The number of nitrogens with zero attached hydrogens (tertiary/aromatic N) is 2. The van der Waals surface area contributed by atoms with Crippen LogP contribution in [0.5, 0.6) is 5.88 Å². The second kappa shape index (κ2) is 6.86. The van der Waals surface area contributed by atoms with Gasteiger partial charge in [-0.3, -0.25) is 4.79 Å². The van der Waals surface area contributed by atoms with Gasteiger partial charge in [-0.05, 0) is 5.56 Å². The third-order valence-electron chi connectivity index (χ3n) is 3.47. The van der Waals surface area contributed by atoms with Gasteiger partial charge in [-0.15, -0.1) is 0 Å². The maximum atomic E-state index is 12.1. The van der Waals surface area contributed by atoms with Gasteiger partial charge in [-0.25, -0.2) is 4.98 Å². The molecule has 4 nitrogen and oxygen atoms in total. The van der Waals surface area contributed by atoms with Gasteiger partial charge in [0.05, 0.1) is 6.42 Å². The number of likely N-dealkylation sites (tertiary alicyclic amines) is 1. The van der Waals surface area contributed by atoms with E-state index in [1.807, 2.05) is 0 Å². The molecule has 0 unspecified atom stereocenters. The highest BCUT2D eigenvalue weighted by Crippen LogP contribution is 2.29. The zero-order valence-corrected chi connectivity index (χ0v) is 12.3. The molecule has 2 heterocycles. The molecule has 0 saturated carbocycles. The largest absolute Gasteiger partial charge is 0.468 e. The zero-order valence-electron chi connectivity index (χ0n) is 12.3. The summed E-state index contributed by atoms with van der Waals surface area (Å²) in [5, 5.41) is 0. The molecule has 0 aliphatic carbocycles. The van der Waals surface area contributed by atoms with Crippen LogP contribution in [0.4, 0.5) is 26.3 Å². The van der Waals surface area contributed by atoms with Gasteiger partial charge in [-0.2, -0.15) is 26.3 Å². The average Bonchev–Trinajstić information content (AvgIpc) is 2.41. The Balaban J connectivity index is 1.78. The van der Waals surface area contributed by atoms with Crippen molar-refractivity contribution in [3.05, 3.63) is 23.9 Å². The van der Waals surface area contributed by atoms with Crippen LogP contribution in [0.25, 0.3) is 0 Å². The first kappa shape index (κ1) is 18.3. The quantitative estimate of drug-likeness (QED) is 0.761. The molecule has 10 heteroatoms. The summed E-state index contributed by atoms with van der Waals surface area (Å²) in [7, 11) is 0. The summed E-state index contributed by atoms with van der Waals surface area (Å²) < 4.78 is 76.7. The van der Waals surface area contributed by atoms with Crippen LogP contribution in [0.2, 0.25) is 0 Å². The van der Waals surface area contributed by atoms with E-state index in [1.165, 1.54) is 23.2 Å². The maximum absolute atomic E-state index is 12.1. The van der Waals surface area contributed by atoms with Crippen molar-refractivity contribution in [3.8, 4) is 5.88 Å². The SMILES string of the molecule is O=C(CCC(F)(F)F)N1CC(c2ccc(OCC(F)(F)F)nc2)C1. The summed E-state index contributed by atoms with van der Waals surface area (Å²) in [6.07, 6.45) is -9.21. The fraction of sp³-hybridized carbons (Fsp3) is 0.571. The molecule has 0 radical (unpaired) electrons. The molecule has 0 bridgehead atoms. The van der Waals surface area contributed by atoms with Gasteiger partial charge in [0.25, 0.3) is 0 Å². The summed E-state index contributed by atoms with van der Waals surface area (Å²) in [6, 6.07) is 2.82. The Kier molecular flexibility index (Phi) is 5.24. The molecule has 1 saturated heterocycles. The van der Waals surface area contributed by atoms with E-state index < -0.39 is 37.7 Å². The van der Waals surface area contributed by atoms with Crippen molar-refractivity contribution in [1.82, 2.24) is 9.88 Å². The standard InChI is InChI=1S/C14H14F6N2O2/c15-13(16,17)4-3-12(23)22-6-10(7-22)9-1-2-11(21-5-9)24-8-14(18,19)20/h1-2,5,10H,3-4,6-8H2. The molecule has 1 aliphatic rings. The van der Waals surface area contributed by atoms with Gasteiger partial charge in [0, 0.05) is 37.7 Å². The zero-order chi connectivity index (χ0) is 18.0. The van der Waals surface area contributed by atoms with Gasteiger partial charge in [0.15, 0.2) is 6.61 Å². The number of alkyl halides is 6. The van der Waals surface area contributed by atoms with E-state index in [2.05, 4.69) is 9.72 Å². The molecule has 1 aliphatic heterocycles. The molecule has 0 aromatic carbocycles. The van der Waals surface area contributed by atoms with E-state index in [-0.39, 0.29) is 24.9 Å². The molecule has 1 aromatic heterocycles. The minimum atomic E-state index is -4.45. The fourth-order valence-electron chi connectivity index (χ4n) is 2.17. The lowest BCUT2D eigenvalue weighted by Gasteiger charge is -2.39. The maximum Gasteiger partial charge on any atom is 0.422 e. The van der Waals surface area contributed by atoms with Crippen LogP contribution in [0.15, 0.2) is 18.3 Å².